The maximum atomic E-state index is 12.1. The Bertz CT molecular complexity index is 454. The number of nitrogens with one attached hydrogen (secondary N) is 1. The number of amides is 1. The first kappa shape index (κ1) is 13.5. The van der Waals surface area contributed by atoms with E-state index in [2.05, 4.69) is 19.2 Å². The summed E-state index contributed by atoms with van der Waals surface area (Å²) >= 11 is 0. The molecule has 0 saturated heterocycles. The Kier molecular flexibility index (Phi) is 4.44. The molecule has 1 aromatic carbocycles. The first-order valence-electron chi connectivity index (χ1n) is 6.49. The molecule has 4 heteroatoms. The van der Waals surface area contributed by atoms with E-state index in [1.807, 2.05) is 30.3 Å². The second-order valence-corrected chi connectivity index (χ2v) is 4.81. The zero-order valence-electron chi connectivity index (χ0n) is 11.3. The van der Waals surface area contributed by atoms with Gasteiger partial charge in [0.1, 0.15) is 19.5 Å². The number of hydrogen-bond donors (Lipinski definition) is 1. The second kappa shape index (κ2) is 6.27. The molecule has 0 spiro atoms. The highest BCUT2D eigenvalue weighted by molar-refractivity contribution is 5.91. The van der Waals surface area contributed by atoms with Crippen molar-refractivity contribution < 1.29 is 14.3 Å². The minimum Gasteiger partial charge on any atom is -0.494 e. The third-order valence-corrected chi connectivity index (χ3v) is 2.98. The van der Waals surface area contributed by atoms with Crippen molar-refractivity contribution in [2.24, 2.45) is 5.92 Å². The van der Waals surface area contributed by atoms with E-state index in [0.717, 1.165) is 5.56 Å². The summed E-state index contributed by atoms with van der Waals surface area (Å²) in [6, 6.07) is 9.88. The van der Waals surface area contributed by atoms with Crippen LogP contribution in [0.25, 0.3) is 0 Å². The fourth-order valence-electron chi connectivity index (χ4n) is 2.00. The summed E-state index contributed by atoms with van der Waals surface area (Å²) in [6.07, 6.45) is 1.38. The molecule has 1 atom stereocenters. The third-order valence-electron chi connectivity index (χ3n) is 2.98. The molecule has 1 amide bonds. The van der Waals surface area contributed by atoms with Crippen LogP contribution < -0.4 is 5.32 Å². The molecule has 1 heterocycles. The van der Waals surface area contributed by atoms with E-state index in [-0.39, 0.29) is 23.6 Å². The van der Waals surface area contributed by atoms with Gasteiger partial charge < -0.3 is 14.8 Å². The Morgan fingerprint density at radius 3 is 2.53 bits per heavy atom. The zero-order chi connectivity index (χ0) is 13.7. The lowest BCUT2D eigenvalue weighted by Crippen LogP contribution is -2.34. The first-order chi connectivity index (χ1) is 9.18. The van der Waals surface area contributed by atoms with Crippen LogP contribution in [-0.2, 0) is 14.3 Å². The molecule has 0 aromatic heterocycles. The molecule has 0 radical (unpaired) electrons. The van der Waals surface area contributed by atoms with Gasteiger partial charge in [-0.05, 0) is 11.5 Å². The average Bonchev–Trinajstić information content (AvgIpc) is 2.46. The van der Waals surface area contributed by atoms with Gasteiger partial charge >= 0.3 is 0 Å². The lowest BCUT2D eigenvalue weighted by Gasteiger charge is -2.24. The van der Waals surface area contributed by atoms with Crippen molar-refractivity contribution in [3.8, 4) is 0 Å². The van der Waals surface area contributed by atoms with Gasteiger partial charge in [-0.15, -0.1) is 0 Å². The smallest absolute Gasteiger partial charge is 0.290 e. The molecular formula is C15H19NO3. The topological polar surface area (TPSA) is 47.6 Å². The van der Waals surface area contributed by atoms with Crippen LogP contribution in [0.2, 0.25) is 0 Å². The van der Waals surface area contributed by atoms with Gasteiger partial charge in [0.05, 0.1) is 6.04 Å². The van der Waals surface area contributed by atoms with E-state index >= 15 is 0 Å². The minimum atomic E-state index is -0.234. The van der Waals surface area contributed by atoms with E-state index in [1.165, 1.54) is 6.26 Å². The minimum absolute atomic E-state index is 0.0415. The number of rotatable bonds is 4. The monoisotopic (exact) mass is 261 g/mol. The molecule has 0 bridgehead atoms. The van der Waals surface area contributed by atoms with Crippen molar-refractivity contribution in [2.75, 3.05) is 13.2 Å². The zero-order valence-corrected chi connectivity index (χ0v) is 11.3. The number of carbonyl (C=O) groups excluding carboxylic acids is 1. The van der Waals surface area contributed by atoms with Gasteiger partial charge in [-0.3, -0.25) is 4.79 Å². The first-order valence-corrected chi connectivity index (χ1v) is 6.49. The summed E-state index contributed by atoms with van der Waals surface area (Å²) in [4.78, 5) is 12.1. The Morgan fingerprint density at radius 2 is 1.95 bits per heavy atom. The average molecular weight is 261 g/mol. The van der Waals surface area contributed by atoms with E-state index in [0.29, 0.717) is 13.2 Å². The molecule has 2 rings (SSSR count). The third kappa shape index (κ3) is 3.50. The highest BCUT2D eigenvalue weighted by Gasteiger charge is 2.22. The molecule has 0 aliphatic carbocycles. The van der Waals surface area contributed by atoms with Crippen molar-refractivity contribution in [2.45, 2.75) is 19.9 Å². The number of carbonyl (C=O) groups is 1. The van der Waals surface area contributed by atoms with Gasteiger partial charge in [-0.1, -0.05) is 44.2 Å². The van der Waals surface area contributed by atoms with Crippen LogP contribution >= 0.6 is 0 Å². The second-order valence-electron chi connectivity index (χ2n) is 4.81. The Labute approximate surface area is 113 Å². The standard InChI is InChI=1S/C15H19NO3/c1-11(2)14(12-6-4-3-5-7-12)16-15(17)13-10-18-8-9-19-13/h3-7,10-11,14H,8-9H2,1-2H3,(H,16,17). The van der Waals surface area contributed by atoms with Gasteiger partial charge in [-0.25, -0.2) is 0 Å². The van der Waals surface area contributed by atoms with E-state index in [1.54, 1.807) is 0 Å². The highest BCUT2D eigenvalue weighted by Crippen LogP contribution is 2.22. The molecule has 1 aliphatic rings. The summed E-state index contributed by atoms with van der Waals surface area (Å²) in [7, 11) is 0. The van der Waals surface area contributed by atoms with Crippen molar-refractivity contribution in [1.82, 2.24) is 5.32 Å². The Hall–Kier alpha value is -1.97. The summed E-state index contributed by atoms with van der Waals surface area (Å²) in [6.45, 7) is 5.05. The molecule has 102 valence electrons. The Morgan fingerprint density at radius 1 is 1.21 bits per heavy atom. The predicted molar refractivity (Wildman–Crippen MR) is 72.2 cm³/mol. The van der Waals surface area contributed by atoms with Crippen molar-refractivity contribution in [3.05, 3.63) is 47.9 Å². The molecule has 0 saturated carbocycles. The molecule has 1 aliphatic heterocycles. The lowest BCUT2D eigenvalue weighted by atomic mass is 9.96. The van der Waals surface area contributed by atoms with Crippen LogP contribution in [0.1, 0.15) is 25.5 Å². The van der Waals surface area contributed by atoms with Gasteiger partial charge in [0.2, 0.25) is 5.76 Å². The molecule has 1 N–H and O–H groups in total. The van der Waals surface area contributed by atoms with Gasteiger partial charge in [0.15, 0.2) is 0 Å². The SMILES string of the molecule is CC(C)C(NC(=O)C1=COCCO1)c1ccccc1. The normalized spacial score (nSPS) is 16.1. The van der Waals surface area contributed by atoms with Crippen LogP contribution in [-0.4, -0.2) is 19.1 Å². The van der Waals surface area contributed by atoms with Crippen molar-refractivity contribution in [3.63, 3.8) is 0 Å². The number of benzene rings is 1. The van der Waals surface area contributed by atoms with Gasteiger partial charge in [0.25, 0.3) is 5.91 Å². The molecule has 4 nitrogen and oxygen atoms in total. The van der Waals surface area contributed by atoms with Crippen molar-refractivity contribution >= 4 is 5.91 Å². The molecule has 0 fully saturated rings. The largest absolute Gasteiger partial charge is 0.494 e. The summed E-state index contributed by atoms with van der Waals surface area (Å²) < 4.78 is 10.4. The number of ether oxygens (including phenoxy) is 2. The summed E-state index contributed by atoms with van der Waals surface area (Å²) in [5.74, 6) is 0.298. The molecular weight excluding hydrogens is 242 g/mol. The number of hydrogen-bond acceptors (Lipinski definition) is 3. The Balaban J connectivity index is 2.09. The summed E-state index contributed by atoms with van der Waals surface area (Å²) in [5, 5.41) is 2.99. The highest BCUT2D eigenvalue weighted by atomic mass is 16.6. The maximum absolute atomic E-state index is 12.1. The quantitative estimate of drug-likeness (QED) is 0.905. The van der Waals surface area contributed by atoms with Crippen LogP contribution in [0.5, 0.6) is 0 Å². The molecule has 1 unspecified atom stereocenters. The fourth-order valence-corrected chi connectivity index (χ4v) is 2.00. The van der Waals surface area contributed by atoms with E-state index in [4.69, 9.17) is 9.47 Å². The molecule has 19 heavy (non-hydrogen) atoms. The van der Waals surface area contributed by atoms with Crippen molar-refractivity contribution in [1.29, 1.82) is 0 Å². The lowest BCUT2D eigenvalue weighted by molar-refractivity contribution is -0.123. The predicted octanol–water partition coefficient (Wildman–Crippen LogP) is 2.39. The van der Waals surface area contributed by atoms with E-state index in [9.17, 15) is 4.79 Å². The van der Waals surface area contributed by atoms with Crippen LogP contribution in [0.15, 0.2) is 42.4 Å². The molecule has 1 aromatic rings. The van der Waals surface area contributed by atoms with Crippen LogP contribution in [0.3, 0.4) is 0 Å². The van der Waals surface area contributed by atoms with Crippen LogP contribution in [0, 0.1) is 5.92 Å². The van der Waals surface area contributed by atoms with Gasteiger partial charge in [0, 0.05) is 0 Å². The maximum Gasteiger partial charge on any atom is 0.290 e. The fraction of sp³-hybridized carbons (Fsp3) is 0.400. The van der Waals surface area contributed by atoms with Gasteiger partial charge in [-0.2, -0.15) is 0 Å². The summed E-state index contributed by atoms with van der Waals surface area (Å²) in [5.41, 5.74) is 1.09. The van der Waals surface area contributed by atoms with Crippen LogP contribution in [0.4, 0.5) is 0 Å². The van der Waals surface area contributed by atoms with E-state index < -0.39 is 0 Å².